The van der Waals surface area contributed by atoms with Crippen LogP contribution in [0.3, 0.4) is 0 Å². The van der Waals surface area contributed by atoms with Gasteiger partial charge in [0.05, 0.1) is 19.0 Å². The number of hydrogen-bond acceptors (Lipinski definition) is 4. The second kappa shape index (κ2) is 9.66. The van der Waals surface area contributed by atoms with E-state index in [2.05, 4.69) is 50.4 Å². The van der Waals surface area contributed by atoms with Crippen molar-refractivity contribution in [2.45, 2.75) is 45.4 Å². The Kier molecular flexibility index (Phi) is 7.82. The summed E-state index contributed by atoms with van der Waals surface area (Å²) in [7, 11) is -3.38. The highest BCUT2D eigenvalue weighted by molar-refractivity contribution is 7.89. The van der Waals surface area contributed by atoms with E-state index in [1.54, 1.807) is 0 Å². The number of amides is 1. The molecule has 7 heteroatoms. The Morgan fingerprint density at radius 2 is 1.78 bits per heavy atom. The zero-order valence-corrected chi connectivity index (χ0v) is 17.5. The van der Waals surface area contributed by atoms with Gasteiger partial charge in [-0.3, -0.25) is 4.79 Å². The van der Waals surface area contributed by atoms with Crippen molar-refractivity contribution in [1.82, 2.24) is 9.62 Å². The maximum Gasteiger partial charge on any atom is 0.221 e. The smallest absolute Gasteiger partial charge is 0.221 e. The lowest BCUT2D eigenvalue weighted by atomic mass is 9.86. The average molecular weight is 397 g/mol. The number of rotatable bonds is 8. The number of nitrogens with one attached hydrogen (secondary N) is 1. The molecule has 1 aromatic carbocycles. The largest absolute Gasteiger partial charge is 0.379 e. The monoisotopic (exact) mass is 396 g/mol. The van der Waals surface area contributed by atoms with Gasteiger partial charge in [-0.25, -0.2) is 8.42 Å². The molecule has 0 aliphatic carbocycles. The van der Waals surface area contributed by atoms with Gasteiger partial charge in [-0.1, -0.05) is 45.0 Å². The van der Waals surface area contributed by atoms with E-state index in [0.29, 0.717) is 32.8 Å². The van der Waals surface area contributed by atoms with Crippen molar-refractivity contribution in [1.29, 1.82) is 0 Å². The topological polar surface area (TPSA) is 75.7 Å². The minimum Gasteiger partial charge on any atom is -0.379 e. The molecule has 0 unspecified atom stereocenters. The van der Waals surface area contributed by atoms with Crippen LogP contribution in [-0.4, -0.2) is 57.2 Å². The summed E-state index contributed by atoms with van der Waals surface area (Å²) in [4.78, 5) is 11.9. The highest BCUT2D eigenvalue weighted by Crippen LogP contribution is 2.22. The minimum absolute atomic E-state index is 0.0000297. The summed E-state index contributed by atoms with van der Waals surface area (Å²) in [6.45, 7) is 8.71. The fraction of sp³-hybridized carbons (Fsp3) is 0.650. The number of benzene rings is 1. The predicted octanol–water partition coefficient (Wildman–Crippen LogP) is 2.09. The molecule has 0 saturated carbocycles. The molecule has 0 spiro atoms. The molecule has 1 aliphatic heterocycles. The van der Waals surface area contributed by atoms with Crippen LogP contribution in [0.1, 0.15) is 44.7 Å². The van der Waals surface area contributed by atoms with E-state index in [1.807, 2.05) is 0 Å². The number of carbonyl (C=O) groups excluding carboxylic acids is 1. The Balaban J connectivity index is 1.66. The summed E-state index contributed by atoms with van der Waals surface area (Å²) in [5, 5.41) is 2.82. The zero-order valence-electron chi connectivity index (χ0n) is 16.7. The van der Waals surface area contributed by atoms with Crippen LogP contribution < -0.4 is 5.32 Å². The van der Waals surface area contributed by atoms with Crippen molar-refractivity contribution in [2.75, 3.05) is 38.6 Å². The fourth-order valence-corrected chi connectivity index (χ4v) is 4.36. The summed E-state index contributed by atoms with van der Waals surface area (Å²) in [6, 6.07) is 8.59. The van der Waals surface area contributed by atoms with Gasteiger partial charge in [0.15, 0.2) is 0 Å². The Hall–Kier alpha value is -1.44. The molecule has 1 fully saturated rings. The second-order valence-electron chi connectivity index (χ2n) is 7.98. The first-order valence-corrected chi connectivity index (χ1v) is 11.2. The average Bonchev–Trinajstić information content (AvgIpc) is 2.64. The lowest BCUT2D eigenvalue weighted by Gasteiger charge is -2.25. The van der Waals surface area contributed by atoms with E-state index < -0.39 is 10.0 Å². The first-order valence-electron chi connectivity index (χ1n) is 9.60. The SMILES string of the molecule is CC(C)(C)c1ccc(CCCNC(=O)CCS(=O)(=O)N2CCOCC2)cc1. The van der Waals surface area contributed by atoms with Gasteiger partial charge in [0, 0.05) is 26.1 Å². The lowest BCUT2D eigenvalue weighted by Crippen LogP contribution is -2.42. The van der Waals surface area contributed by atoms with E-state index in [4.69, 9.17) is 4.74 Å². The van der Waals surface area contributed by atoms with E-state index in [1.165, 1.54) is 15.4 Å². The number of sulfonamides is 1. The number of hydrogen-bond donors (Lipinski definition) is 1. The van der Waals surface area contributed by atoms with Crippen LogP contribution >= 0.6 is 0 Å². The van der Waals surface area contributed by atoms with Crippen molar-refractivity contribution in [3.05, 3.63) is 35.4 Å². The third kappa shape index (κ3) is 7.24. The summed E-state index contributed by atoms with van der Waals surface area (Å²) >= 11 is 0. The highest BCUT2D eigenvalue weighted by Gasteiger charge is 2.24. The highest BCUT2D eigenvalue weighted by atomic mass is 32.2. The van der Waals surface area contributed by atoms with Gasteiger partial charge in [0.1, 0.15) is 0 Å². The van der Waals surface area contributed by atoms with Gasteiger partial charge in [-0.15, -0.1) is 0 Å². The van der Waals surface area contributed by atoms with Gasteiger partial charge in [-0.05, 0) is 29.4 Å². The first-order chi connectivity index (χ1) is 12.7. The third-order valence-corrected chi connectivity index (χ3v) is 6.61. The maximum atomic E-state index is 12.2. The van der Waals surface area contributed by atoms with Gasteiger partial charge in [0.2, 0.25) is 15.9 Å². The number of carbonyl (C=O) groups is 1. The van der Waals surface area contributed by atoms with Crippen LogP contribution in [-0.2, 0) is 31.4 Å². The van der Waals surface area contributed by atoms with Crippen LogP contribution in [0, 0.1) is 0 Å². The third-order valence-electron chi connectivity index (χ3n) is 4.73. The molecule has 1 amide bonds. The normalized spacial score (nSPS) is 16.3. The maximum absolute atomic E-state index is 12.2. The summed E-state index contributed by atoms with van der Waals surface area (Å²) in [5.74, 6) is -0.359. The zero-order chi connectivity index (χ0) is 19.9. The van der Waals surface area contributed by atoms with Gasteiger partial charge in [-0.2, -0.15) is 4.31 Å². The molecule has 6 nitrogen and oxygen atoms in total. The number of aryl methyl sites for hydroxylation is 1. The molecule has 2 rings (SSSR count). The minimum atomic E-state index is -3.38. The molecule has 0 atom stereocenters. The quantitative estimate of drug-likeness (QED) is 0.683. The van der Waals surface area contributed by atoms with Crippen LogP contribution in [0.5, 0.6) is 0 Å². The van der Waals surface area contributed by atoms with Gasteiger partial charge >= 0.3 is 0 Å². The Morgan fingerprint density at radius 1 is 1.15 bits per heavy atom. The molecule has 1 aromatic rings. The molecule has 1 N–H and O–H groups in total. The standard InChI is InChI=1S/C20H32N2O4S/c1-20(2,3)18-8-6-17(7-9-18)5-4-11-21-19(23)10-16-27(24,25)22-12-14-26-15-13-22/h6-9H,4-5,10-16H2,1-3H3,(H,21,23). The van der Waals surface area contributed by atoms with Crippen molar-refractivity contribution in [2.24, 2.45) is 0 Å². The fourth-order valence-electron chi connectivity index (χ4n) is 2.96. The van der Waals surface area contributed by atoms with Crippen LogP contribution in [0.4, 0.5) is 0 Å². The molecule has 152 valence electrons. The summed E-state index contributed by atoms with van der Waals surface area (Å²) in [6.07, 6.45) is 1.72. The van der Waals surface area contributed by atoms with Gasteiger partial charge in [0.25, 0.3) is 0 Å². The van der Waals surface area contributed by atoms with Crippen LogP contribution in [0.15, 0.2) is 24.3 Å². The first kappa shape index (κ1) is 21.9. The van der Waals surface area contributed by atoms with E-state index in [-0.39, 0.29) is 23.5 Å². The van der Waals surface area contributed by atoms with Crippen molar-refractivity contribution in [3.8, 4) is 0 Å². The molecular formula is C20H32N2O4S. The van der Waals surface area contributed by atoms with E-state index >= 15 is 0 Å². The number of nitrogens with zero attached hydrogens (tertiary/aromatic N) is 1. The summed E-state index contributed by atoms with van der Waals surface area (Å²) in [5.41, 5.74) is 2.70. The molecule has 0 aromatic heterocycles. The molecule has 1 aliphatic rings. The predicted molar refractivity (Wildman–Crippen MR) is 107 cm³/mol. The molecule has 1 saturated heterocycles. The van der Waals surface area contributed by atoms with Crippen molar-refractivity contribution in [3.63, 3.8) is 0 Å². The Labute approximate surface area is 163 Å². The van der Waals surface area contributed by atoms with E-state index in [9.17, 15) is 13.2 Å². The number of morpholine rings is 1. The second-order valence-corrected chi connectivity index (χ2v) is 10.1. The molecular weight excluding hydrogens is 364 g/mol. The molecule has 1 heterocycles. The van der Waals surface area contributed by atoms with Crippen LogP contribution in [0.25, 0.3) is 0 Å². The molecule has 27 heavy (non-hydrogen) atoms. The van der Waals surface area contributed by atoms with Gasteiger partial charge < -0.3 is 10.1 Å². The number of ether oxygens (including phenoxy) is 1. The van der Waals surface area contributed by atoms with Crippen molar-refractivity contribution < 1.29 is 17.9 Å². The van der Waals surface area contributed by atoms with Crippen LogP contribution in [0.2, 0.25) is 0 Å². The Morgan fingerprint density at radius 3 is 2.37 bits per heavy atom. The Bertz CT molecular complexity index is 702. The summed E-state index contributed by atoms with van der Waals surface area (Å²) < 4.78 is 31.0. The van der Waals surface area contributed by atoms with E-state index in [0.717, 1.165) is 12.8 Å². The molecule has 0 bridgehead atoms. The van der Waals surface area contributed by atoms with Crippen molar-refractivity contribution >= 4 is 15.9 Å². The molecule has 0 radical (unpaired) electrons. The lowest BCUT2D eigenvalue weighted by molar-refractivity contribution is -0.120.